The molecule has 0 amide bonds. The molecule has 2 N–H and O–H groups in total. The van der Waals surface area contributed by atoms with Crippen molar-refractivity contribution in [2.75, 3.05) is 33.3 Å². The van der Waals surface area contributed by atoms with Gasteiger partial charge < -0.3 is 15.4 Å². The van der Waals surface area contributed by atoms with Gasteiger partial charge in [-0.25, -0.2) is 4.39 Å². The second kappa shape index (κ2) is 9.19. The van der Waals surface area contributed by atoms with E-state index in [4.69, 9.17) is 4.74 Å². The standard InChI is InChI=1S/C20H28F4N4O/c1-13(15-5-6-18(17(21)9-15)29-11-14-3-4-14)26-19(25-2)27-16-7-8-28(10-16)12-20(22,23)24/h5-6,9,13-14,16H,3-4,7-8,10-12H2,1-2H3,(H2,25,26,27). The van der Waals surface area contributed by atoms with Crippen LogP contribution in [0.4, 0.5) is 17.6 Å². The summed E-state index contributed by atoms with van der Waals surface area (Å²) in [6.07, 6.45) is -1.31. The van der Waals surface area contributed by atoms with Crippen LogP contribution in [-0.2, 0) is 0 Å². The Bertz CT molecular complexity index is 721. The first-order valence-electron chi connectivity index (χ1n) is 9.94. The van der Waals surface area contributed by atoms with Crippen molar-refractivity contribution < 1.29 is 22.3 Å². The molecule has 0 radical (unpaired) electrons. The number of aliphatic imine (C=N–C) groups is 1. The summed E-state index contributed by atoms with van der Waals surface area (Å²) in [5.74, 6) is 0.877. The number of guanidine groups is 1. The van der Waals surface area contributed by atoms with Crippen LogP contribution in [0.3, 0.4) is 0 Å². The Labute approximate surface area is 168 Å². The van der Waals surface area contributed by atoms with Crippen LogP contribution in [0.25, 0.3) is 0 Å². The van der Waals surface area contributed by atoms with Crippen LogP contribution in [0.15, 0.2) is 23.2 Å². The van der Waals surface area contributed by atoms with Gasteiger partial charge in [-0.1, -0.05) is 6.07 Å². The predicted octanol–water partition coefficient (Wildman–Crippen LogP) is 3.48. The third kappa shape index (κ3) is 6.76. The lowest BCUT2D eigenvalue weighted by molar-refractivity contribution is -0.143. The molecule has 1 aliphatic heterocycles. The number of nitrogens with one attached hydrogen (secondary N) is 2. The summed E-state index contributed by atoms with van der Waals surface area (Å²) in [6, 6.07) is 4.52. The van der Waals surface area contributed by atoms with E-state index in [1.165, 1.54) is 11.0 Å². The zero-order valence-corrected chi connectivity index (χ0v) is 16.7. The number of likely N-dealkylation sites (tertiary alicyclic amines) is 1. The largest absolute Gasteiger partial charge is 0.490 e. The molecular formula is C20H28F4N4O. The summed E-state index contributed by atoms with van der Waals surface area (Å²) in [5, 5.41) is 6.33. The van der Waals surface area contributed by atoms with Crippen molar-refractivity contribution in [2.45, 2.75) is 44.4 Å². The molecule has 0 spiro atoms. The average Bonchev–Trinajstić information content (AvgIpc) is 3.38. The van der Waals surface area contributed by atoms with E-state index in [0.717, 1.165) is 18.4 Å². The fourth-order valence-corrected chi connectivity index (χ4v) is 3.40. The van der Waals surface area contributed by atoms with Crippen LogP contribution in [0, 0.1) is 11.7 Å². The van der Waals surface area contributed by atoms with Gasteiger partial charge in [0.1, 0.15) is 0 Å². The van der Waals surface area contributed by atoms with Gasteiger partial charge in [0.25, 0.3) is 0 Å². The van der Waals surface area contributed by atoms with E-state index in [-0.39, 0.29) is 17.8 Å². The van der Waals surface area contributed by atoms with E-state index in [2.05, 4.69) is 15.6 Å². The molecule has 1 saturated carbocycles. The molecule has 0 aromatic heterocycles. The lowest BCUT2D eigenvalue weighted by Gasteiger charge is -2.22. The lowest BCUT2D eigenvalue weighted by Crippen LogP contribution is -2.45. The van der Waals surface area contributed by atoms with Crippen LogP contribution in [-0.4, -0.2) is 56.4 Å². The van der Waals surface area contributed by atoms with E-state index in [9.17, 15) is 17.6 Å². The maximum Gasteiger partial charge on any atom is 0.401 e. The molecule has 2 unspecified atom stereocenters. The quantitative estimate of drug-likeness (QED) is 0.406. The number of ether oxygens (including phenoxy) is 1. The minimum absolute atomic E-state index is 0.120. The summed E-state index contributed by atoms with van der Waals surface area (Å²) in [6.45, 7) is 2.21. The number of benzene rings is 1. The molecule has 1 aliphatic carbocycles. The van der Waals surface area contributed by atoms with Crippen LogP contribution in [0.1, 0.15) is 37.8 Å². The van der Waals surface area contributed by atoms with Crippen LogP contribution in [0.2, 0.25) is 0 Å². The second-order valence-electron chi connectivity index (χ2n) is 7.86. The van der Waals surface area contributed by atoms with Gasteiger partial charge in [-0.2, -0.15) is 13.2 Å². The number of alkyl halides is 3. The van der Waals surface area contributed by atoms with E-state index in [0.29, 0.717) is 38.0 Å². The summed E-state index contributed by atoms with van der Waals surface area (Å²) < 4.78 is 57.4. The predicted molar refractivity (Wildman–Crippen MR) is 104 cm³/mol. The van der Waals surface area contributed by atoms with Gasteiger partial charge in [-0.3, -0.25) is 9.89 Å². The minimum atomic E-state index is -4.19. The molecule has 29 heavy (non-hydrogen) atoms. The number of rotatable bonds is 7. The Morgan fingerprint density at radius 3 is 2.69 bits per heavy atom. The Kier molecular flexibility index (Phi) is 6.87. The van der Waals surface area contributed by atoms with Crippen molar-refractivity contribution in [3.05, 3.63) is 29.6 Å². The van der Waals surface area contributed by atoms with Crippen molar-refractivity contribution in [2.24, 2.45) is 10.9 Å². The smallest absolute Gasteiger partial charge is 0.401 e. The zero-order chi connectivity index (χ0) is 21.0. The third-order valence-electron chi connectivity index (χ3n) is 5.22. The fourth-order valence-electron chi connectivity index (χ4n) is 3.40. The summed E-state index contributed by atoms with van der Waals surface area (Å²) >= 11 is 0. The Morgan fingerprint density at radius 1 is 1.31 bits per heavy atom. The highest BCUT2D eigenvalue weighted by Gasteiger charge is 2.34. The van der Waals surface area contributed by atoms with Crippen molar-refractivity contribution in [3.8, 4) is 5.75 Å². The summed E-state index contributed by atoms with van der Waals surface area (Å²) in [4.78, 5) is 5.53. The first-order valence-corrected chi connectivity index (χ1v) is 9.94. The average molecular weight is 416 g/mol. The molecule has 2 atom stereocenters. The van der Waals surface area contributed by atoms with E-state index >= 15 is 0 Å². The summed E-state index contributed by atoms with van der Waals surface area (Å²) in [7, 11) is 1.60. The molecular weight excluding hydrogens is 388 g/mol. The Balaban J connectivity index is 1.50. The normalized spacial score (nSPS) is 21.9. The van der Waals surface area contributed by atoms with Crippen molar-refractivity contribution in [3.63, 3.8) is 0 Å². The van der Waals surface area contributed by atoms with Gasteiger partial charge >= 0.3 is 6.18 Å². The molecule has 0 bridgehead atoms. The zero-order valence-electron chi connectivity index (χ0n) is 16.7. The number of nitrogens with zero attached hydrogens (tertiary/aromatic N) is 2. The van der Waals surface area contributed by atoms with E-state index in [1.807, 2.05) is 6.92 Å². The fraction of sp³-hybridized carbons (Fsp3) is 0.650. The third-order valence-corrected chi connectivity index (χ3v) is 5.22. The van der Waals surface area contributed by atoms with Gasteiger partial charge in [-0.15, -0.1) is 0 Å². The molecule has 2 fully saturated rings. The van der Waals surface area contributed by atoms with E-state index < -0.39 is 18.5 Å². The molecule has 5 nitrogen and oxygen atoms in total. The number of halogens is 4. The highest BCUT2D eigenvalue weighted by atomic mass is 19.4. The Hall–Kier alpha value is -2.03. The molecule has 9 heteroatoms. The van der Waals surface area contributed by atoms with Crippen LogP contribution >= 0.6 is 0 Å². The Morgan fingerprint density at radius 2 is 2.07 bits per heavy atom. The van der Waals surface area contributed by atoms with E-state index in [1.54, 1.807) is 19.2 Å². The van der Waals surface area contributed by atoms with Gasteiger partial charge in [0.2, 0.25) is 0 Å². The monoisotopic (exact) mass is 416 g/mol. The minimum Gasteiger partial charge on any atom is -0.490 e. The lowest BCUT2D eigenvalue weighted by atomic mass is 10.1. The van der Waals surface area contributed by atoms with Crippen LogP contribution < -0.4 is 15.4 Å². The first kappa shape index (κ1) is 21.7. The summed E-state index contributed by atoms with van der Waals surface area (Å²) in [5.41, 5.74) is 0.731. The molecule has 1 aromatic carbocycles. The van der Waals surface area contributed by atoms with Gasteiger partial charge in [0.15, 0.2) is 17.5 Å². The SMILES string of the molecule is CN=C(NC1CCN(CC(F)(F)F)C1)NC(C)c1ccc(OCC2CC2)c(F)c1. The van der Waals surface area contributed by atoms with Gasteiger partial charge in [0, 0.05) is 26.2 Å². The first-order chi connectivity index (χ1) is 13.7. The highest BCUT2D eigenvalue weighted by molar-refractivity contribution is 5.80. The maximum absolute atomic E-state index is 14.3. The topological polar surface area (TPSA) is 48.9 Å². The molecule has 1 saturated heterocycles. The van der Waals surface area contributed by atoms with Gasteiger partial charge in [-0.05, 0) is 49.8 Å². The number of hydrogen-bond donors (Lipinski definition) is 2. The highest BCUT2D eigenvalue weighted by Crippen LogP contribution is 2.30. The van der Waals surface area contributed by atoms with Crippen LogP contribution in [0.5, 0.6) is 5.75 Å². The molecule has 3 rings (SSSR count). The molecule has 162 valence electrons. The van der Waals surface area contributed by atoms with Crippen molar-refractivity contribution in [1.82, 2.24) is 15.5 Å². The second-order valence-corrected chi connectivity index (χ2v) is 7.86. The van der Waals surface area contributed by atoms with Crippen molar-refractivity contribution >= 4 is 5.96 Å². The number of hydrogen-bond acceptors (Lipinski definition) is 3. The molecule has 2 aliphatic rings. The van der Waals surface area contributed by atoms with Gasteiger partial charge in [0.05, 0.1) is 19.2 Å². The molecule has 1 aromatic rings. The molecule has 1 heterocycles. The maximum atomic E-state index is 14.3. The van der Waals surface area contributed by atoms with Crippen molar-refractivity contribution in [1.29, 1.82) is 0 Å².